The number of Topliss-reactive ketones (excluding diaryl/α,β-unsaturated/α-hetero) is 1. The lowest BCUT2D eigenvalue weighted by atomic mass is 9.72. The van der Waals surface area contributed by atoms with Crippen molar-refractivity contribution in [2.75, 3.05) is 26.2 Å². The molecule has 0 bridgehead atoms. The summed E-state index contributed by atoms with van der Waals surface area (Å²) in [5.41, 5.74) is 3.74. The van der Waals surface area contributed by atoms with Crippen LogP contribution in [-0.4, -0.2) is 36.9 Å². The van der Waals surface area contributed by atoms with Gasteiger partial charge in [0.25, 0.3) is 0 Å². The Hall–Kier alpha value is -2.17. The van der Waals surface area contributed by atoms with Crippen molar-refractivity contribution in [3.05, 3.63) is 105 Å². The average Bonchev–Trinajstić information content (AvgIpc) is 3.35. The molecule has 2 heterocycles. The lowest BCUT2D eigenvalue weighted by Gasteiger charge is -2.44. The number of carbonyl (C=O) groups is 1. The Morgan fingerprint density at radius 2 is 1.67 bits per heavy atom. The van der Waals surface area contributed by atoms with Crippen molar-refractivity contribution in [2.24, 2.45) is 0 Å². The Morgan fingerprint density at radius 1 is 0.939 bits per heavy atom. The van der Waals surface area contributed by atoms with Crippen LogP contribution in [0.5, 0.6) is 0 Å². The first-order valence-electron chi connectivity index (χ1n) is 11.7. The van der Waals surface area contributed by atoms with Crippen LogP contribution in [0, 0.1) is 0 Å². The Bertz CT molecular complexity index is 1140. The fourth-order valence-electron chi connectivity index (χ4n) is 5.39. The van der Waals surface area contributed by atoms with Crippen molar-refractivity contribution < 1.29 is 4.79 Å². The molecule has 0 saturated carbocycles. The first-order chi connectivity index (χ1) is 16.1. The first kappa shape index (κ1) is 22.6. The Labute approximate surface area is 205 Å². The van der Waals surface area contributed by atoms with E-state index < -0.39 is 5.54 Å². The maximum Gasteiger partial charge on any atom is 0.163 e. The zero-order valence-corrected chi connectivity index (χ0v) is 20.1. The van der Waals surface area contributed by atoms with Gasteiger partial charge in [0.1, 0.15) is 5.54 Å². The summed E-state index contributed by atoms with van der Waals surface area (Å²) in [7, 11) is 0. The minimum absolute atomic E-state index is 0.173. The van der Waals surface area contributed by atoms with Gasteiger partial charge in [0, 0.05) is 25.4 Å². The van der Waals surface area contributed by atoms with Gasteiger partial charge in [-0.25, -0.2) is 0 Å². The van der Waals surface area contributed by atoms with E-state index in [4.69, 9.17) is 23.2 Å². The second kappa shape index (κ2) is 9.60. The second-order valence-corrected chi connectivity index (χ2v) is 9.98. The maximum absolute atomic E-state index is 14.1. The number of halogens is 2. The number of carbonyl (C=O) groups excluding carboxylic acids is 1. The van der Waals surface area contributed by atoms with Crippen molar-refractivity contribution in [2.45, 2.75) is 30.7 Å². The van der Waals surface area contributed by atoms with Crippen molar-refractivity contribution in [1.82, 2.24) is 10.2 Å². The van der Waals surface area contributed by atoms with E-state index in [0.29, 0.717) is 23.0 Å². The highest BCUT2D eigenvalue weighted by Gasteiger charge is 2.46. The molecule has 0 spiro atoms. The SMILES string of the molecule is O=C(Cc1ccc(Cl)c(Cl)c1)C1(CN2CCCC2)NCC(c2ccccc2)c2ccccc21. The summed E-state index contributed by atoms with van der Waals surface area (Å²) < 4.78 is 0. The molecule has 2 unspecified atom stereocenters. The molecule has 1 fully saturated rings. The summed E-state index contributed by atoms with van der Waals surface area (Å²) in [4.78, 5) is 16.5. The lowest BCUT2D eigenvalue weighted by molar-refractivity contribution is -0.126. The molecule has 5 rings (SSSR count). The highest BCUT2D eigenvalue weighted by atomic mass is 35.5. The van der Waals surface area contributed by atoms with Crippen LogP contribution < -0.4 is 5.32 Å². The van der Waals surface area contributed by atoms with Gasteiger partial charge in [-0.15, -0.1) is 0 Å². The third kappa shape index (κ3) is 4.48. The molecule has 33 heavy (non-hydrogen) atoms. The Balaban J connectivity index is 1.56. The van der Waals surface area contributed by atoms with Gasteiger partial charge in [0.15, 0.2) is 5.78 Å². The van der Waals surface area contributed by atoms with Gasteiger partial charge < -0.3 is 4.90 Å². The monoisotopic (exact) mass is 478 g/mol. The minimum Gasteiger partial charge on any atom is -0.301 e. The summed E-state index contributed by atoms with van der Waals surface area (Å²) in [6.45, 7) is 3.48. The van der Waals surface area contributed by atoms with E-state index in [-0.39, 0.29) is 11.7 Å². The summed E-state index contributed by atoms with van der Waals surface area (Å²) in [6.07, 6.45) is 2.68. The van der Waals surface area contributed by atoms with Gasteiger partial charge in [-0.05, 0) is 60.3 Å². The maximum atomic E-state index is 14.1. The molecule has 5 heteroatoms. The quantitative estimate of drug-likeness (QED) is 0.483. The molecular formula is C28H28Cl2N2O. The van der Waals surface area contributed by atoms with E-state index in [1.807, 2.05) is 18.2 Å². The molecule has 1 saturated heterocycles. The van der Waals surface area contributed by atoms with Gasteiger partial charge in [0.05, 0.1) is 10.0 Å². The third-order valence-electron chi connectivity index (χ3n) is 7.09. The number of fused-ring (bicyclic) bond motifs is 1. The predicted molar refractivity (Wildman–Crippen MR) is 135 cm³/mol. The van der Waals surface area contributed by atoms with Gasteiger partial charge >= 0.3 is 0 Å². The molecular weight excluding hydrogens is 451 g/mol. The van der Waals surface area contributed by atoms with E-state index in [0.717, 1.165) is 30.8 Å². The number of ketones is 1. The summed E-state index contributed by atoms with van der Waals surface area (Å²) in [5, 5.41) is 4.75. The number of hydrogen-bond donors (Lipinski definition) is 1. The average molecular weight is 479 g/mol. The van der Waals surface area contributed by atoms with Crippen LogP contribution in [0.1, 0.15) is 41.0 Å². The Morgan fingerprint density at radius 3 is 2.42 bits per heavy atom. The topological polar surface area (TPSA) is 32.3 Å². The van der Waals surface area contributed by atoms with E-state index in [1.165, 1.54) is 24.0 Å². The number of nitrogens with one attached hydrogen (secondary N) is 1. The van der Waals surface area contributed by atoms with E-state index in [1.54, 1.807) is 6.07 Å². The largest absolute Gasteiger partial charge is 0.301 e. The van der Waals surface area contributed by atoms with E-state index in [9.17, 15) is 4.79 Å². The van der Waals surface area contributed by atoms with Gasteiger partial charge in [0.2, 0.25) is 0 Å². The van der Waals surface area contributed by atoms with Gasteiger partial charge in [-0.3, -0.25) is 10.1 Å². The number of hydrogen-bond acceptors (Lipinski definition) is 3. The molecule has 2 atom stereocenters. The molecule has 2 aliphatic rings. The van der Waals surface area contributed by atoms with E-state index >= 15 is 0 Å². The second-order valence-electron chi connectivity index (χ2n) is 9.17. The normalized spacial score (nSPS) is 22.8. The first-order valence-corrected chi connectivity index (χ1v) is 12.4. The zero-order valence-electron chi connectivity index (χ0n) is 18.6. The van der Waals surface area contributed by atoms with Crippen LogP contribution in [0.15, 0.2) is 72.8 Å². The predicted octanol–water partition coefficient (Wildman–Crippen LogP) is 5.83. The van der Waals surface area contributed by atoms with Gasteiger partial charge in [-0.2, -0.15) is 0 Å². The molecule has 0 amide bonds. The molecule has 3 aromatic carbocycles. The van der Waals surface area contributed by atoms with Crippen LogP contribution in [0.4, 0.5) is 0 Å². The molecule has 170 valence electrons. The fraction of sp³-hybridized carbons (Fsp3) is 0.321. The summed E-state index contributed by atoms with van der Waals surface area (Å²) in [5.74, 6) is 0.388. The third-order valence-corrected chi connectivity index (χ3v) is 7.83. The number of likely N-dealkylation sites (tertiary alicyclic amines) is 1. The molecule has 0 aliphatic carbocycles. The van der Waals surface area contributed by atoms with Crippen LogP contribution >= 0.6 is 23.2 Å². The van der Waals surface area contributed by atoms with Crippen molar-refractivity contribution in [3.8, 4) is 0 Å². The van der Waals surface area contributed by atoms with E-state index in [2.05, 4.69) is 58.7 Å². The molecule has 3 nitrogen and oxygen atoms in total. The van der Waals surface area contributed by atoms with Crippen molar-refractivity contribution >= 4 is 29.0 Å². The lowest BCUT2D eigenvalue weighted by Crippen LogP contribution is -2.60. The van der Waals surface area contributed by atoms with Crippen molar-refractivity contribution in [3.63, 3.8) is 0 Å². The minimum atomic E-state index is -0.752. The van der Waals surface area contributed by atoms with Crippen molar-refractivity contribution in [1.29, 1.82) is 0 Å². The molecule has 1 N–H and O–H groups in total. The number of benzene rings is 3. The molecule has 2 aliphatic heterocycles. The number of nitrogens with zero attached hydrogens (tertiary/aromatic N) is 1. The highest BCUT2D eigenvalue weighted by Crippen LogP contribution is 2.40. The van der Waals surface area contributed by atoms with Crippen LogP contribution in [-0.2, 0) is 16.8 Å². The van der Waals surface area contributed by atoms with Crippen LogP contribution in [0.3, 0.4) is 0 Å². The Kier molecular flexibility index (Phi) is 6.58. The zero-order chi connectivity index (χ0) is 22.8. The van der Waals surface area contributed by atoms with Crippen LogP contribution in [0.2, 0.25) is 10.0 Å². The van der Waals surface area contributed by atoms with Gasteiger partial charge in [-0.1, -0.05) is 83.9 Å². The standard InChI is InChI=1S/C28H28Cl2N2O/c29-25-13-12-20(16-26(25)30)17-27(33)28(19-32-14-6-7-15-32)24-11-5-4-10-22(24)23(18-31-28)21-8-2-1-3-9-21/h1-5,8-13,16,23,31H,6-7,14-15,17-19H2. The summed E-state index contributed by atoms with van der Waals surface area (Å²) >= 11 is 12.4. The summed E-state index contributed by atoms with van der Waals surface area (Å²) in [6, 6.07) is 24.5. The van der Waals surface area contributed by atoms with Crippen LogP contribution in [0.25, 0.3) is 0 Å². The molecule has 3 aromatic rings. The smallest absolute Gasteiger partial charge is 0.163 e. The molecule has 0 radical (unpaired) electrons. The highest BCUT2D eigenvalue weighted by molar-refractivity contribution is 6.42. The number of rotatable bonds is 6. The molecule has 0 aromatic heterocycles. The fourth-order valence-corrected chi connectivity index (χ4v) is 5.71.